The second-order valence-corrected chi connectivity index (χ2v) is 3.67. The molecular weight excluding hydrogens is 190 g/mol. The Morgan fingerprint density at radius 1 is 1.40 bits per heavy atom. The van der Waals surface area contributed by atoms with Crippen molar-refractivity contribution in [1.82, 2.24) is 0 Å². The molecule has 0 amide bonds. The molecule has 0 aliphatic heterocycles. The Kier molecular flexibility index (Phi) is 4.31. The first-order valence-corrected chi connectivity index (χ1v) is 5.20. The highest BCUT2D eigenvalue weighted by Gasteiger charge is 2.13. The monoisotopic (exact) mass is 207 g/mol. The zero-order chi connectivity index (χ0) is 11.3. The van der Waals surface area contributed by atoms with Gasteiger partial charge in [-0.15, -0.1) is 0 Å². The number of aryl methyl sites for hydroxylation is 1. The molecule has 1 rings (SSSR count). The topological polar surface area (TPSA) is 63.3 Å². The van der Waals surface area contributed by atoms with Crippen LogP contribution in [0.3, 0.4) is 0 Å². The fourth-order valence-electron chi connectivity index (χ4n) is 1.59. The molecule has 1 aromatic rings. The summed E-state index contributed by atoms with van der Waals surface area (Å²) in [5.74, 6) is -0.943. The molecule has 3 heteroatoms. The van der Waals surface area contributed by atoms with Crippen LogP contribution in [0.15, 0.2) is 24.3 Å². The van der Waals surface area contributed by atoms with Gasteiger partial charge < -0.3 is 10.8 Å². The fraction of sp³-hybridized carbons (Fsp3) is 0.417. The van der Waals surface area contributed by atoms with Crippen molar-refractivity contribution in [3.8, 4) is 0 Å². The van der Waals surface area contributed by atoms with Gasteiger partial charge in [0.2, 0.25) is 0 Å². The standard InChI is InChI=1S/C12H17NO2/c1-2-5-9-6-3-4-7-10(9)8-11(13)12(14)15/h3-4,6-7,11H,2,5,8,13H2,1H3,(H,14,15)/t11-/m0/s1. The van der Waals surface area contributed by atoms with Gasteiger partial charge in [-0.05, 0) is 24.0 Å². The first-order valence-electron chi connectivity index (χ1n) is 5.20. The van der Waals surface area contributed by atoms with Crippen molar-refractivity contribution < 1.29 is 9.90 Å². The van der Waals surface area contributed by atoms with Gasteiger partial charge in [-0.25, -0.2) is 0 Å². The number of benzene rings is 1. The molecule has 3 nitrogen and oxygen atoms in total. The quantitative estimate of drug-likeness (QED) is 0.770. The molecule has 1 atom stereocenters. The maximum absolute atomic E-state index is 10.6. The van der Waals surface area contributed by atoms with E-state index in [-0.39, 0.29) is 0 Å². The van der Waals surface area contributed by atoms with Crippen LogP contribution in [0, 0.1) is 0 Å². The fourth-order valence-corrected chi connectivity index (χ4v) is 1.59. The van der Waals surface area contributed by atoms with Crippen LogP contribution in [-0.4, -0.2) is 17.1 Å². The summed E-state index contributed by atoms with van der Waals surface area (Å²) in [6, 6.07) is 7.08. The highest BCUT2D eigenvalue weighted by molar-refractivity contribution is 5.73. The van der Waals surface area contributed by atoms with E-state index in [0.29, 0.717) is 6.42 Å². The van der Waals surface area contributed by atoms with E-state index in [0.717, 1.165) is 18.4 Å². The average molecular weight is 207 g/mol. The minimum atomic E-state index is -0.943. The number of hydrogen-bond acceptors (Lipinski definition) is 2. The number of rotatable bonds is 5. The van der Waals surface area contributed by atoms with Gasteiger partial charge in [0.15, 0.2) is 0 Å². The van der Waals surface area contributed by atoms with E-state index in [9.17, 15) is 4.79 Å². The Bertz CT molecular complexity index is 336. The molecule has 0 aliphatic rings. The average Bonchev–Trinajstić information content (AvgIpc) is 2.21. The maximum Gasteiger partial charge on any atom is 0.320 e. The van der Waals surface area contributed by atoms with Crippen LogP contribution >= 0.6 is 0 Å². The molecular formula is C12H17NO2. The van der Waals surface area contributed by atoms with Crippen LogP contribution in [-0.2, 0) is 17.6 Å². The van der Waals surface area contributed by atoms with Gasteiger partial charge in [-0.1, -0.05) is 37.6 Å². The van der Waals surface area contributed by atoms with E-state index in [2.05, 4.69) is 6.92 Å². The van der Waals surface area contributed by atoms with Crippen molar-refractivity contribution in [3.05, 3.63) is 35.4 Å². The van der Waals surface area contributed by atoms with Gasteiger partial charge in [0.25, 0.3) is 0 Å². The van der Waals surface area contributed by atoms with Gasteiger partial charge in [0.1, 0.15) is 6.04 Å². The predicted molar refractivity (Wildman–Crippen MR) is 59.8 cm³/mol. The summed E-state index contributed by atoms with van der Waals surface area (Å²) in [4.78, 5) is 10.6. The molecule has 0 aliphatic carbocycles. The Morgan fingerprint density at radius 3 is 2.53 bits per heavy atom. The normalized spacial score (nSPS) is 12.4. The SMILES string of the molecule is CCCc1ccccc1C[C@H](N)C(=O)O. The molecule has 0 radical (unpaired) electrons. The summed E-state index contributed by atoms with van der Waals surface area (Å²) in [5, 5.41) is 8.74. The number of carbonyl (C=O) groups is 1. The zero-order valence-corrected chi connectivity index (χ0v) is 8.94. The minimum absolute atomic E-state index is 0.408. The Balaban J connectivity index is 2.79. The third kappa shape index (κ3) is 3.36. The van der Waals surface area contributed by atoms with E-state index in [1.807, 2.05) is 24.3 Å². The Labute approximate surface area is 89.9 Å². The molecule has 0 saturated carbocycles. The first kappa shape index (κ1) is 11.7. The molecule has 0 bridgehead atoms. The van der Waals surface area contributed by atoms with E-state index in [4.69, 9.17) is 10.8 Å². The highest BCUT2D eigenvalue weighted by Crippen LogP contribution is 2.12. The van der Waals surface area contributed by atoms with Crippen molar-refractivity contribution in [1.29, 1.82) is 0 Å². The van der Waals surface area contributed by atoms with Gasteiger partial charge in [0.05, 0.1) is 0 Å². The van der Waals surface area contributed by atoms with Crippen LogP contribution in [0.25, 0.3) is 0 Å². The van der Waals surface area contributed by atoms with E-state index >= 15 is 0 Å². The van der Waals surface area contributed by atoms with E-state index in [1.165, 1.54) is 5.56 Å². The molecule has 0 spiro atoms. The van der Waals surface area contributed by atoms with Gasteiger partial charge in [-0.2, -0.15) is 0 Å². The van der Waals surface area contributed by atoms with E-state index in [1.54, 1.807) is 0 Å². The summed E-state index contributed by atoms with van der Waals surface area (Å²) in [7, 11) is 0. The molecule has 0 heterocycles. The molecule has 15 heavy (non-hydrogen) atoms. The summed E-state index contributed by atoms with van der Waals surface area (Å²) in [6.07, 6.45) is 2.44. The van der Waals surface area contributed by atoms with Crippen LogP contribution in [0.5, 0.6) is 0 Å². The number of aliphatic carboxylic acids is 1. The van der Waals surface area contributed by atoms with Crippen LogP contribution < -0.4 is 5.73 Å². The highest BCUT2D eigenvalue weighted by atomic mass is 16.4. The van der Waals surface area contributed by atoms with E-state index < -0.39 is 12.0 Å². The second-order valence-electron chi connectivity index (χ2n) is 3.67. The number of hydrogen-bond donors (Lipinski definition) is 2. The van der Waals surface area contributed by atoms with Gasteiger partial charge in [0, 0.05) is 0 Å². The van der Waals surface area contributed by atoms with Crippen LogP contribution in [0.4, 0.5) is 0 Å². The Hall–Kier alpha value is -1.35. The maximum atomic E-state index is 10.6. The number of carboxylic acids is 1. The molecule has 1 aromatic carbocycles. The lowest BCUT2D eigenvalue weighted by Gasteiger charge is -2.11. The number of carboxylic acid groups (broad SMARTS) is 1. The van der Waals surface area contributed by atoms with Crippen LogP contribution in [0.1, 0.15) is 24.5 Å². The third-order valence-electron chi connectivity index (χ3n) is 2.39. The van der Waals surface area contributed by atoms with Crippen molar-refractivity contribution >= 4 is 5.97 Å². The zero-order valence-electron chi connectivity index (χ0n) is 8.94. The molecule has 0 aromatic heterocycles. The molecule has 0 unspecified atom stereocenters. The van der Waals surface area contributed by atoms with Gasteiger partial charge >= 0.3 is 5.97 Å². The molecule has 3 N–H and O–H groups in total. The van der Waals surface area contributed by atoms with Crippen molar-refractivity contribution in [3.63, 3.8) is 0 Å². The third-order valence-corrected chi connectivity index (χ3v) is 2.39. The predicted octanol–water partition coefficient (Wildman–Crippen LogP) is 1.59. The van der Waals surface area contributed by atoms with Crippen LogP contribution in [0.2, 0.25) is 0 Å². The summed E-state index contributed by atoms with van der Waals surface area (Å²) in [6.45, 7) is 2.11. The lowest BCUT2D eigenvalue weighted by atomic mass is 9.98. The number of nitrogens with two attached hydrogens (primary N) is 1. The minimum Gasteiger partial charge on any atom is -0.480 e. The largest absolute Gasteiger partial charge is 0.480 e. The molecule has 0 saturated heterocycles. The summed E-state index contributed by atoms with van der Waals surface area (Å²) in [5.41, 5.74) is 7.77. The van der Waals surface area contributed by atoms with Crippen molar-refractivity contribution in [2.75, 3.05) is 0 Å². The lowest BCUT2D eigenvalue weighted by molar-refractivity contribution is -0.138. The molecule has 0 fully saturated rings. The van der Waals surface area contributed by atoms with Crippen molar-refractivity contribution in [2.45, 2.75) is 32.2 Å². The first-order chi connectivity index (χ1) is 7.15. The molecule has 82 valence electrons. The lowest BCUT2D eigenvalue weighted by Crippen LogP contribution is -2.32. The van der Waals surface area contributed by atoms with Crippen molar-refractivity contribution in [2.24, 2.45) is 5.73 Å². The second kappa shape index (κ2) is 5.51. The summed E-state index contributed by atoms with van der Waals surface area (Å²) < 4.78 is 0. The smallest absolute Gasteiger partial charge is 0.320 e. The summed E-state index contributed by atoms with van der Waals surface area (Å²) >= 11 is 0. The Morgan fingerprint density at radius 2 is 2.00 bits per heavy atom. The van der Waals surface area contributed by atoms with Gasteiger partial charge in [-0.3, -0.25) is 4.79 Å².